The summed E-state index contributed by atoms with van der Waals surface area (Å²) >= 11 is 1.26. The van der Waals surface area contributed by atoms with Gasteiger partial charge in [0.25, 0.3) is 0 Å². The first kappa shape index (κ1) is 31.6. The average Bonchev–Trinajstić information content (AvgIpc) is 2.79. The molecule has 0 aromatic heterocycles. The number of carbonyl (C=O) groups is 3. The molecule has 0 aliphatic rings. The number of rotatable bonds is 20. The number of allylic oxidation sites excluding steroid dienone is 7. The number of carbonyl (C=O) groups excluding carboxylic acids is 1. The number of carboxylic acid groups (broad SMARTS) is 2. The van der Waals surface area contributed by atoms with Crippen LogP contribution >= 0.6 is 11.8 Å². The van der Waals surface area contributed by atoms with E-state index in [1.807, 2.05) is 24.3 Å². The van der Waals surface area contributed by atoms with Gasteiger partial charge in [-0.25, -0.2) is 0 Å². The van der Waals surface area contributed by atoms with Gasteiger partial charge in [-0.1, -0.05) is 68.4 Å². The first-order chi connectivity index (χ1) is 16.3. The molecule has 9 heteroatoms. The summed E-state index contributed by atoms with van der Waals surface area (Å²) in [6.07, 6.45) is 21.1. The third-order valence-electron chi connectivity index (χ3n) is 4.67. The summed E-state index contributed by atoms with van der Waals surface area (Å²) in [5.41, 5.74) is 5.82. The lowest BCUT2D eigenvalue weighted by atomic mass is 10.1. The van der Waals surface area contributed by atoms with Crippen LogP contribution in [0.4, 0.5) is 0 Å². The molecule has 0 heterocycles. The van der Waals surface area contributed by atoms with Gasteiger partial charge in [0, 0.05) is 17.4 Å². The fraction of sp³-hybridized carbons (Fsp3) is 0.560. The fourth-order valence-electron chi connectivity index (χ4n) is 2.77. The molecule has 8 nitrogen and oxygen atoms in total. The van der Waals surface area contributed by atoms with Gasteiger partial charge in [-0.15, -0.1) is 11.8 Å². The fourth-order valence-corrected chi connectivity index (χ4v) is 3.91. The van der Waals surface area contributed by atoms with Gasteiger partial charge in [-0.2, -0.15) is 0 Å². The van der Waals surface area contributed by atoms with E-state index in [-0.39, 0.29) is 12.2 Å². The Morgan fingerprint density at radius 1 is 0.971 bits per heavy atom. The normalized spacial score (nSPS) is 14.8. The minimum absolute atomic E-state index is 0.0347. The summed E-state index contributed by atoms with van der Waals surface area (Å²) in [5, 5.41) is 29.8. The van der Waals surface area contributed by atoms with Crippen LogP contribution in [0, 0.1) is 0 Å². The highest BCUT2D eigenvalue weighted by molar-refractivity contribution is 8.00. The van der Waals surface area contributed by atoms with Crippen molar-refractivity contribution in [2.75, 3.05) is 12.3 Å². The number of aliphatic hydroxyl groups excluding tert-OH is 1. The lowest BCUT2D eigenvalue weighted by molar-refractivity contribution is -0.138. The summed E-state index contributed by atoms with van der Waals surface area (Å²) < 4.78 is 0. The lowest BCUT2D eigenvalue weighted by Crippen LogP contribution is -2.44. The van der Waals surface area contributed by atoms with Gasteiger partial charge in [0.2, 0.25) is 5.91 Å². The second kappa shape index (κ2) is 21.2. The second-order valence-corrected chi connectivity index (χ2v) is 8.98. The molecule has 1 amide bonds. The summed E-state index contributed by atoms with van der Waals surface area (Å²) in [7, 11) is 0. The number of amides is 1. The Balaban J connectivity index is 4.70. The number of carboxylic acids is 2. The Kier molecular flexibility index (Phi) is 19.7. The zero-order valence-electron chi connectivity index (χ0n) is 20.0. The molecule has 0 aromatic rings. The smallest absolute Gasteiger partial charge is 0.322 e. The van der Waals surface area contributed by atoms with Crippen LogP contribution in [0.25, 0.3) is 0 Å². The van der Waals surface area contributed by atoms with E-state index in [4.69, 9.17) is 15.9 Å². The van der Waals surface area contributed by atoms with E-state index in [1.165, 1.54) is 31.0 Å². The number of nitrogens with two attached hydrogens (primary N) is 1. The maximum absolute atomic E-state index is 11.9. The molecule has 0 saturated carbocycles. The van der Waals surface area contributed by atoms with Crippen molar-refractivity contribution in [1.82, 2.24) is 5.32 Å². The predicted octanol–water partition coefficient (Wildman–Crippen LogP) is 3.43. The standard InChI is InChI=1S/C25H40N2O6S/c1-2-3-4-5-6-7-8-9-10-11-12-13-16-22(21(28)15-14-17-23(29)30)34-19-20(26)25(33)27-18-24(31)32/h6-7,9-13,16,20-22,28H,2-5,8,14-15,17-19,26H2,1H3,(H,27,33)(H,29,30)(H,31,32)/t20-,21-,22+/m0/s1. The van der Waals surface area contributed by atoms with Gasteiger partial charge < -0.3 is 26.4 Å². The number of aliphatic hydroxyl groups is 1. The minimum Gasteiger partial charge on any atom is -0.481 e. The molecule has 0 unspecified atom stereocenters. The van der Waals surface area contributed by atoms with E-state index in [9.17, 15) is 19.5 Å². The number of thioether (sulfide) groups is 1. The third kappa shape index (κ3) is 19.1. The molecular formula is C25H40N2O6S. The van der Waals surface area contributed by atoms with Gasteiger partial charge in [0.15, 0.2) is 0 Å². The van der Waals surface area contributed by atoms with E-state index in [0.717, 1.165) is 12.8 Å². The van der Waals surface area contributed by atoms with Gasteiger partial charge in [-0.3, -0.25) is 14.4 Å². The second-order valence-electron chi connectivity index (χ2n) is 7.77. The van der Waals surface area contributed by atoms with Crippen molar-refractivity contribution in [3.05, 3.63) is 48.6 Å². The summed E-state index contributed by atoms with van der Waals surface area (Å²) in [6, 6.07) is -0.931. The van der Waals surface area contributed by atoms with Crippen molar-refractivity contribution in [2.24, 2.45) is 5.73 Å². The molecule has 192 valence electrons. The summed E-state index contributed by atoms with van der Waals surface area (Å²) in [6.45, 7) is 1.68. The SMILES string of the molecule is CCCCCC=CCC=CC=CC=C[C@@H](SC[C@H](N)C(=O)NCC(=O)O)[C@@H](O)CCCC(=O)O. The van der Waals surface area contributed by atoms with E-state index in [2.05, 4.69) is 24.4 Å². The molecule has 0 aliphatic carbocycles. The number of aliphatic carboxylic acids is 2. The number of hydrogen-bond acceptors (Lipinski definition) is 6. The monoisotopic (exact) mass is 496 g/mol. The van der Waals surface area contributed by atoms with Gasteiger partial charge in [0.05, 0.1) is 12.1 Å². The average molecular weight is 497 g/mol. The van der Waals surface area contributed by atoms with Crippen molar-refractivity contribution >= 4 is 29.6 Å². The van der Waals surface area contributed by atoms with Crippen molar-refractivity contribution in [1.29, 1.82) is 0 Å². The van der Waals surface area contributed by atoms with Crippen molar-refractivity contribution in [3.63, 3.8) is 0 Å². The molecule has 0 spiro atoms. The lowest BCUT2D eigenvalue weighted by Gasteiger charge is -2.21. The van der Waals surface area contributed by atoms with Crippen LogP contribution in [0.5, 0.6) is 0 Å². The molecule has 6 N–H and O–H groups in total. The van der Waals surface area contributed by atoms with Gasteiger partial charge in [-0.05, 0) is 32.1 Å². The number of hydrogen-bond donors (Lipinski definition) is 5. The zero-order valence-corrected chi connectivity index (χ0v) is 20.8. The molecule has 3 atom stereocenters. The molecule has 34 heavy (non-hydrogen) atoms. The highest BCUT2D eigenvalue weighted by Gasteiger charge is 2.21. The quantitative estimate of drug-likeness (QED) is 0.0977. The van der Waals surface area contributed by atoms with Crippen LogP contribution in [0.15, 0.2) is 48.6 Å². The highest BCUT2D eigenvalue weighted by atomic mass is 32.2. The molecule has 0 aliphatic heterocycles. The number of unbranched alkanes of at least 4 members (excludes halogenated alkanes) is 3. The molecule has 0 fully saturated rings. The van der Waals surface area contributed by atoms with Crippen molar-refractivity contribution in [2.45, 2.75) is 75.7 Å². The van der Waals surface area contributed by atoms with E-state index in [0.29, 0.717) is 12.8 Å². The number of nitrogens with one attached hydrogen (secondary N) is 1. The van der Waals surface area contributed by atoms with E-state index in [1.54, 1.807) is 12.2 Å². The first-order valence-corrected chi connectivity index (χ1v) is 12.7. The Morgan fingerprint density at radius 2 is 1.71 bits per heavy atom. The largest absolute Gasteiger partial charge is 0.481 e. The van der Waals surface area contributed by atoms with Crippen molar-refractivity contribution in [3.8, 4) is 0 Å². The molecule has 0 aromatic carbocycles. The Labute approximate surface area is 207 Å². The Bertz CT molecular complexity index is 706. The topological polar surface area (TPSA) is 150 Å². The maximum atomic E-state index is 11.9. The predicted molar refractivity (Wildman–Crippen MR) is 138 cm³/mol. The van der Waals surface area contributed by atoms with Crippen LogP contribution < -0.4 is 11.1 Å². The Morgan fingerprint density at radius 3 is 2.38 bits per heavy atom. The van der Waals surface area contributed by atoms with Crippen LogP contribution in [0.1, 0.15) is 58.3 Å². The van der Waals surface area contributed by atoms with Crippen LogP contribution in [0.3, 0.4) is 0 Å². The molecule has 0 saturated heterocycles. The van der Waals surface area contributed by atoms with Crippen LogP contribution in [0.2, 0.25) is 0 Å². The van der Waals surface area contributed by atoms with E-state index >= 15 is 0 Å². The zero-order chi connectivity index (χ0) is 25.6. The summed E-state index contributed by atoms with van der Waals surface area (Å²) in [5.74, 6) is -2.49. The molecule has 0 bridgehead atoms. The first-order valence-electron chi connectivity index (χ1n) is 11.7. The van der Waals surface area contributed by atoms with E-state index < -0.39 is 41.8 Å². The molecule has 0 rings (SSSR count). The molecular weight excluding hydrogens is 456 g/mol. The van der Waals surface area contributed by atoms with Gasteiger partial charge >= 0.3 is 11.9 Å². The maximum Gasteiger partial charge on any atom is 0.322 e. The highest BCUT2D eigenvalue weighted by Crippen LogP contribution is 2.21. The van der Waals surface area contributed by atoms with Crippen LogP contribution in [-0.4, -0.2) is 62.9 Å². The minimum atomic E-state index is -1.16. The third-order valence-corrected chi connectivity index (χ3v) is 6.08. The summed E-state index contributed by atoms with van der Waals surface area (Å²) in [4.78, 5) is 33.2. The molecule has 0 radical (unpaired) electrons. The van der Waals surface area contributed by atoms with Crippen molar-refractivity contribution < 1.29 is 29.7 Å². The van der Waals surface area contributed by atoms with Crippen LogP contribution in [-0.2, 0) is 14.4 Å². The van der Waals surface area contributed by atoms with Gasteiger partial charge in [0.1, 0.15) is 6.54 Å². The Hall–Kier alpha value is -2.36.